The van der Waals surface area contributed by atoms with Gasteiger partial charge in [-0.05, 0) is 60.4 Å². The quantitative estimate of drug-likeness (QED) is 0.630. The molecule has 1 amide bonds. The minimum Gasteiger partial charge on any atom is -0.481 e. The molecule has 6 nitrogen and oxygen atoms in total. The molecule has 1 heterocycles. The van der Waals surface area contributed by atoms with Gasteiger partial charge in [0.1, 0.15) is 5.75 Å². The van der Waals surface area contributed by atoms with E-state index in [0.717, 1.165) is 28.6 Å². The molecular formula is C24H24N2O4. The molecule has 1 atom stereocenters. The first-order valence-electron chi connectivity index (χ1n) is 10.4. The molecule has 1 unspecified atom stereocenters. The van der Waals surface area contributed by atoms with Crippen LogP contribution in [0.3, 0.4) is 0 Å². The first-order chi connectivity index (χ1) is 14.5. The fourth-order valence-electron chi connectivity index (χ4n) is 4.89. The number of fused-ring (bicyclic) bond motifs is 3. The van der Waals surface area contributed by atoms with Gasteiger partial charge in [-0.1, -0.05) is 30.3 Å². The molecule has 0 radical (unpaired) electrons. The van der Waals surface area contributed by atoms with Crippen LogP contribution >= 0.6 is 0 Å². The van der Waals surface area contributed by atoms with Crippen LogP contribution in [0.1, 0.15) is 53.5 Å². The molecule has 1 fully saturated rings. The Kier molecular flexibility index (Phi) is 4.50. The van der Waals surface area contributed by atoms with E-state index in [0.29, 0.717) is 24.6 Å². The highest BCUT2D eigenvalue weighted by atomic mass is 16.5. The number of aromatic nitrogens is 1. The van der Waals surface area contributed by atoms with Crippen LogP contribution in [-0.2, 0) is 22.6 Å². The second kappa shape index (κ2) is 7.20. The molecule has 2 aromatic carbocycles. The number of hydrogen-bond donors (Lipinski definition) is 2. The highest BCUT2D eigenvalue weighted by molar-refractivity contribution is 5.97. The van der Waals surface area contributed by atoms with Crippen molar-refractivity contribution < 1.29 is 19.4 Å². The summed E-state index contributed by atoms with van der Waals surface area (Å²) in [7, 11) is 0. The van der Waals surface area contributed by atoms with Gasteiger partial charge in [-0.25, -0.2) is 4.79 Å². The van der Waals surface area contributed by atoms with E-state index in [4.69, 9.17) is 15.6 Å². The van der Waals surface area contributed by atoms with Gasteiger partial charge in [-0.15, -0.1) is 0 Å². The highest BCUT2D eigenvalue weighted by Gasteiger charge is 2.35. The minimum atomic E-state index is -1.03. The van der Waals surface area contributed by atoms with Crippen LogP contribution in [0.4, 0.5) is 0 Å². The second-order valence-electron chi connectivity index (χ2n) is 8.25. The molecule has 3 aromatic rings. The van der Waals surface area contributed by atoms with E-state index in [-0.39, 0.29) is 11.8 Å². The molecule has 1 saturated carbocycles. The van der Waals surface area contributed by atoms with Gasteiger partial charge in [0.2, 0.25) is 5.91 Å². The van der Waals surface area contributed by atoms with Gasteiger partial charge in [-0.2, -0.15) is 0 Å². The Hall–Kier alpha value is -3.28. The van der Waals surface area contributed by atoms with Gasteiger partial charge in [-0.3, -0.25) is 4.79 Å². The van der Waals surface area contributed by atoms with Crippen LogP contribution in [0, 0.1) is 0 Å². The Bertz CT molecular complexity index is 1160. The Morgan fingerprint density at radius 2 is 1.90 bits per heavy atom. The molecule has 0 bridgehead atoms. The van der Waals surface area contributed by atoms with Gasteiger partial charge in [0, 0.05) is 17.6 Å². The van der Waals surface area contributed by atoms with E-state index < -0.39 is 12.6 Å². The fourth-order valence-corrected chi connectivity index (χ4v) is 4.89. The van der Waals surface area contributed by atoms with E-state index in [1.807, 2.05) is 12.1 Å². The van der Waals surface area contributed by atoms with Gasteiger partial charge in [0.25, 0.3) is 0 Å². The number of carboxylic acid groups (broad SMARTS) is 1. The molecule has 3 N–H and O–H groups in total. The summed E-state index contributed by atoms with van der Waals surface area (Å²) in [6.45, 7) is 0.289. The van der Waals surface area contributed by atoms with Crippen LogP contribution in [-0.4, -0.2) is 28.2 Å². The monoisotopic (exact) mass is 404 g/mol. The molecule has 2 aliphatic rings. The maximum atomic E-state index is 12.2. The molecule has 154 valence electrons. The Labute approximate surface area is 174 Å². The van der Waals surface area contributed by atoms with E-state index in [1.165, 1.54) is 24.0 Å². The molecular weight excluding hydrogens is 380 g/mol. The van der Waals surface area contributed by atoms with Crippen LogP contribution in [0.5, 0.6) is 5.75 Å². The molecule has 2 aliphatic carbocycles. The number of carbonyl (C=O) groups is 2. The maximum absolute atomic E-state index is 12.2. The average Bonchev–Trinajstić information content (AvgIpc) is 3.41. The third kappa shape index (κ3) is 3.12. The minimum absolute atomic E-state index is 0.348. The van der Waals surface area contributed by atoms with Crippen molar-refractivity contribution >= 4 is 22.8 Å². The number of ether oxygens (including phenoxy) is 1. The lowest BCUT2D eigenvalue weighted by Crippen LogP contribution is -2.19. The van der Waals surface area contributed by atoms with E-state index in [1.54, 1.807) is 6.07 Å². The lowest BCUT2D eigenvalue weighted by molar-refractivity contribution is -0.139. The molecule has 6 heteroatoms. The van der Waals surface area contributed by atoms with E-state index in [9.17, 15) is 9.59 Å². The van der Waals surface area contributed by atoms with E-state index >= 15 is 0 Å². The SMILES string of the molecule is NC(=O)C1CCc2c1c1c(OCC(=O)O)cccc1n2Cc1ccccc1C1CC1. The summed E-state index contributed by atoms with van der Waals surface area (Å²) in [6.07, 6.45) is 3.91. The third-order valence-corrected chi connectivity index (χ3v) is 6.31. The first-order valence-corrected chi connectivity index (χ1v) is 10.4. The molecule has 0 aliphatic heterocycles. The number of aliphatic carboxylic acids is 1. The number of hydrogen-bond acceptors (Lipinski definition) is 3. The normalized spacial score (nSPS) is 17.8. The van der Waals surface area contributed by atoms with Crippen molar-refractivity contribution in [3.05, 3.63) is 64.8 Å². The number of amides is 1. The van der Waals surface area contributed by atoms with E-state index in [2.05, 4.69) is 28.8 Å². The predicted molar refractivity (Wildman–Crippen MR) is 113 cm³/mol. The van der Waals surface area contributed by atoms with Gasteiger partial charge >= 0.3 is 5.97 Å². The standard InChI is InChI=1S/C24H24N2O4/c25-24(29)17-10-11-19-22(17)23-18(6-3-7-20(23)30-13-21(27)28)26(19)12-15-4-1-2-5-16(15)14-8-9-14/h1-7,14,17H,8-13H2,(H2,25,29)(H,27,28). The van der Waals surface area contributed by atoms with Crippen molar-refractivity contribution in [1.29, 1.82) is 0 Å². The number of benzene rings is 2. The zero-order valence-corrected chi connectivity index (χ0v) is 16.6. The summed E-state index contributed by atoms with van der Waals surface area (Å²) in [6, 6.07) is 14.2. The lowest BCUT2D eigenvalue weighted by atomic mass is 9.99. The Balaban J connectivity index is 1.67. The summed E-state index contributed by atoms with van der Waals surface area (Å²) in [5, 5.41) is 9.88. The number of carboxylic acids is 1. The van der Waals surface area contributed by atoms with Crippen LogP contribution in [0.15, 0.2) is 42.5 Å². The summed E-state index contributed by atoms with van der Waals surface area (Å²) in [5.74, 6) is -0.624. The summed E-state index contributed by atoms with van der Waals surface area (Å²) in [4.78, 5) is 23.2. The zero-order chi connectivity index (χ0) is 20.8. The summed E-state index contributed by atoms with van der Waals surface area (Å²) < 4.78 is 7.87. The van der Waals surface area contributed by atoms with Crippen LogP contribution < -0.4 is 10.5 Å². The van der Waals surface area contributed by atoms with Gasteiger partial charge in [0.05, 0.1) is 11.4 Å². The van der Waals surface area contributed by atoms with Crippen molar-refractivity contribution in [2.24, 2.45) is 5.73 Å². The van der Waals surface area contributed by atoms with Crippen molar-refractivity contribution in [3.63, 3.8) is 0 Å². The van der Waals surface area contributed by atoms with Crippen LogP contribution in [0.2, 0.25) is 0 Å². The number of carbonyl (C=O) groups excluding carboxylic acids is 1. The van der Waals surface area contributed by atoms with Crippen molar-refractivity contribution in [1.82, 2.24) is 4.57 Å². The van der Waals surface area contributed by atoms with Crippen molar-refractivity contribution in [2.75, 3.05) is 6.61 Å². The lowest BCUT2D eigenvalue weighted by Gasteiger charge is -2.14. The zero-order valence-electron chi connectivity index (χ0n) is 16.6. The average molecular weight is 404 g/mol. The number of nitrogens with zero attached hydrogens (tertiary/aromatic N) is 1. The van der Waals surface area contributed by atoms with Gasteiger partial charge in [0.15, 0.2) is 6.61 Å². The number of nitrogens with two attached hydrogens (primary N) is 1. The smallest absolute Gasteiger partial charge is 0.341 e. The molecule has 5 rings (SSSR count). The fraction of sp³-hybridized carbons (Fsp3) is 0.333. The number of rotatable bonds is 7. The maximum Gasteiger partial charge on any atom is 0.341 e. The molecule has 1 aromatic heterocycles. The predicted octanol–water partition coefficient (Wildman–Crippen LogP) is 3.55. The van der Waals surface area contributed by atoms with Crippen molar-refractivity contribution in [2.45, 2.75) is 44.1 Å². The van der Waals surface area contributed by atoms with Gasteiger partial charge < -0.3 is 20.1 Å². The molecule has 0 spiro atoms. The first kappa shape index (κ1) is 18.7. The summed E-state index contributed by atoms with van der Waals surface area (Å²) in [5.41, 5.74) is 11.4. The molecule has 0 saturated heterocycles. The Morgan fingerprint density at radius 3 is 2.63 bits per heavy atom. The summed E-state index contributed by atoms with van der Waals surface area (Å²) >= 11 is 0. The molecule has 30 heavy (non-hydrogen) atoms. The van der Waals surface area contributed by atoms with Crippen LogP contribution in [0.25, 0.3) is 10.9 Å². The largest absolute Gasteiger partial charge is 0.481 e. The third-order valence-electron chi connectivity index (χ3n) is 6.31. The topological polar surface area (TPSA) is 94.6 Å². The highest BCUT2D eigenvalue weighted by Crippen LogP contribution is 2.46. The second-order valence-corrected chi connectivity index (χ2v) is 8.25. The number of primary amides is 1. The Morgan fingerprint density at radius 1 is 1.10 bits per heavy atom. The van der Waals surface area contributed by atoms with Crippen molar-refractivity contribution in [3.8, 4) is 5.75 Å².